The minimum atomic E-state index is -0.410. The van der Waals surface area contributed by atoms with Crippen LogP contribution < -0.4 is 5.32 Å². The molecule has 1 saturated heterocycles. The second-order valence-corrected chi connectivity index (χ2v) is 6.57. The van der Waals surface area contributed by atoms with Gasteiger partial charge < -0.3 is 10.2 Å². The molecule has 0 aromatic carbocycles. The highest BCUT2D eigenvalue weighted by molar-refractivity contribution is 7.10. The zero-order chi connectivity index (χ0) is 14.9. The summed E-state index contributed by atoms with van der Waals surface area (Å²) in [5.41, 5.74) is 0. The van der Waals surface area contributed by atoms with Crippen molar-refractivity contribution in [3.8, 4) is 0 Å². The third-order valence-electron chi connectivity index (χ3n) is 3.88. The van der Waals surface area contributed by atoms with E-state index < -0.39 is 6.04 Å². The first-order valence-electron chi connectivity index (χ1n) is 7.13. The monoisotopic (exact) mass is 294 g/mol. The third-order valence-corrected chi connectivity index (χ3v) is 4.92. The lowest BCUT2D eigenvalue weighted by molar-refractivity contribution is -0.153. The molecule has 0 aliphatic carbocycles. The van der Waals surface area contributed by atoms with Crippen LogP contribution in [0.3, 0.4) is 0 Å². The Labute approximate surface area is 124 Å². The van der Waals surface area contributed by atoms with E-state index in [2.05, 4.69) is 5.32 Å². The van der Waals surface area contributed by atoms with Crippen molar-refractivity contribution in [3.05, 3.63) is 22.4 Å². The maximum absolute atomic E-state index is 12.7. The standard InChI is InChI=1S/C15H22N2O2S/c1-5-11-14(18)16-13(9(2)3)15(19)17(11)10(4)12-7-6-8-20-12/h6-11,13H,5H2,1-4H3,(H,16,18). The Balaban J connectivity index is 2.34. The molecular weight excluding hydrogens is 272 g/mol. The van der Waals surface area contributed by atoms with Crippen LogP contribution in [-0.4, -0.2) is 28.8 Å². The van der Waals surface area contributed by atoms with Crippen molar-refractivity contribution in [1.82, 2.24) is 10.2 Å². The van der Waals surface area contributed by atoms with E-state index in [1.165, 1.54) is 0 Å². The van der Waals surface area contributed by atoms with Crippen molar-refractivity contribution in [2.75, 3.05) is 0 Å². The Kier molecular flexibility index (Phi) is 4.48. The Morgan fingerprint density at radius 1 is 1.35 bits per heavy atom. The zero-order valence-corrected chi connectivity index (χ0v) is 13.2. The summed E-state index contributed by atoms with van der Waals surface area (Å²) in [6.07, 6.45) is 0.637. The highest BCUT2D eigenvalue weighted by atomic mass is 32.1. The highest BCUT2D eigenvalue weighted by Crippen LogP contribution is 2.30. The van der Waals surface area contributed by atoms with Gasteiger partial charge in [0, 0.05) is 4.88 Å². The van der Waals surface area contributed by atoms with Crippen LogP contribution in [0.4, 0.5) is 0 Å². The third kappa shape index (κ3) is 2.59. The van der Waals surface area contributed by atoms with Crippen molar-refractivity contribution in [2.45, 2.75) is 52.2 Å². The van der Waals surface area contributed by atoms with Crippen molar-refractivity contribution >= 4 is 23.2 Å². The minimum Gasteiger partial charge on any atom is -0.342 e. The fraction of sp³-hybridized carbons (Fsp3) is 0.600. The summed E-state index contributed by atoms with van der Waals surface area (Å²) in [4.78, 5) is 27.9. The summed E-state index contributed by atoms with van der Waals surface area (Å²) >= 11 is 1.62. The molecule has 3 unspecified atom stereocenters. The van der Waals surface area contributed by atoms with Crippen molar-refractivity contribution < 1.29 is 9.59 Å². The van der Waals surface area contributed by atoms with Gasteiger partial charge in [0.15, 0.2) is 0 Å². The topological polar surface area (TPSA) is 49.4 Å². The van der Waals surface area contributed by atoms with Crippen LogP contribution in [0.15, 0.2) is 17.5 Å². The lowest BCUT2D eigenvalue weighted by Crippen LogP contribution is -2.64. The average Bonchev–Trinajstić information content (AvgIpc) is 2.93. The predicted octanol–water partition coefficient (Wildman–Crippen LogP) is 2.57. The number of hydrogen-bond donors (Lipinski definition) is 1. The Hall–Kier alpha value is -1.36. The number of rotatable bonds is 4. The van der Waals surface area contributed by atoms with Crippen LogP contribution >= 0.6 is 11.3 Å². The molecule has 0 saturated carbocycles. The molecule has 110 valence electrons. The summed E-state index contributed by atoms with van der Waals surface area (Å²) in [6, 6.07) is 3.17. The molecule has 1 aromatic rings. The molecule has 2 amide bonds. The van der Waals surface area contributed by atoms with Crippen LogP contribution in [0.2, 0.25) is 0 Å². The number of piperazine rings is 1. The SMILES string of the molecule is CCC1C(=O)NC(C(C)C)C(=O)N1C(C)c1cccs1. The van der Waals surface area contributed by atoms with E-state index in [0.29, 0.717) is 6.42 Å². The van der Waals surface area contributed by atoms with Gasteiger partial charge in [-0.1, -0.05) is 26.8 Å². The number of carbonyl (C=O) groups excluding carboxylic acids is 2. The molecule has 1 fully saturated rings. The fourth-order valence-electron chi connectivity index (χ4n) is 2.71. The number of nitrogens with one attached hydrogen (secondary N) is 1. The molecule has 0 bridgehead atoms. The van der Waals surface area contributed by atoms with Gasteiger partial charge in [0.2, 0.25) is 11.8 Å². The summed E-state index contributed by atoms with van der Waals surface area (Å²) in [7, 11) is 0. The van der Waals surface area contributed by atoms with E-state index >= 15 is 0 Å². The highest BCUT2D eigenvalue weighted by Gasteiger charge is 2.43. The number of nitrogens with zero attached hydrogens (tertiary/aromatic N) is 1. The molecular formula is C15H22N2O2S. The minimum absolute atomic E-state index is 0.0331. The van der Waals surface area contributed by atoms with Gasteiger partial charge in [0.25, 0.3) is 0 Å². The predicted molar refractivity (Wildman–Crippen MR) is 80.4 cm³/mol. The van der Waals surface area contributed by atoms with E-state index in [4.69, 9.17) is 0 Å². The maximum Gasteiger partial charge on any atom is 0.246 e. The van der Waals surface area contributed by atoms with E-state index in [1.807, 2.05) is 45.2 Å². The largest absolute Gasteiger partial charge is 0.342 e. The van der Waals surface area contributed by atoms with Gasteiger partial charge in [-0.05, 0) is 30.7 Å². The van der Waals surface area contributed by atoms with E-state index in [9.17, 15) is 9.59 Å². The Morgan fingerprint density at radius 3 is 2.55 bits per heavy atom. The lowest BCUT2D eigenvalue weighted by Gasteiger charge is -2.43. The van der Waals surface area contributed by atoms with E-state index in [1.54, 1.807) is 16.2 Å². The molecule has 0 radical (unpaired) electrons. The molecule has 1 aliphatic heterocycles. The number of carbonyl (C=O) groups is 2. The van der Waals surface area contributed by atoms with Gasteiger partial charge in [-0.2, -0.15) is 0 Å². The summed E-state index contributed by atoms with van der Waals surface area (Å²) in [5, 5.41) is 4.87. The molecule has 20 heavy (non-hydrogen) atoms. The van der Waals surface area contributed by atoms with Crippen LogP contribution in [0, 0.1) is 5.92 Å². The van der Waals surface area contributed by atoms with Crippen LogP contribution in [0.25, 0.3) is 0 Å². The normalized spacial score (nSPS) is 24.9. The van der Waals surface area contributed by atoms with Crippen LogP contribution in [-0.2, 0) is 9.59 Å². The number of amides is 2. The second kappa shape index (κ2) is 5.95. The maximum atomic E-state index is 12.7. The molecule has 3 atom stereocenters. The fourth-order valence-corrected chi connectivity index (χ4v) is 3.49. The van der Waals surface area contributed by atoms with Gasteiger partial charge in [-0.3, -0.25) is 9.59 Å². The van der Waals surface area contributed by atoms with Crippen LogP contribution in [0.1, 0.15) is 45.0 Å². The average molecular weight is 294 g/mol. The van der Waals surface area contributed by atoms with Crippen LogP contribution in [0.5, 0.6) is 0 Å². The zero-order valence-electron chi connectivity index (χ0n) is 12.4. The summed E-state index contributed by atoms with van der Waals surface area (Å²) in [5.74, 6) is 0.101. The summed E-state index contributed by atoms with van der Waals surface area (Å²) < 4.78 is 0. The van der Waals surface area contributed by atoms with Gasteiger partial charge in [0.1, 0.15) is 12.1 Å². The smallest absolute Gasteiger partial charge is 0.246 e. The molecule has 1 aliphatic rings. The molecule has 1 N–H and O–H groups in total. The van der Waals surface area contributed by atoms with E-state index in [0.717, 1.165) is 4.88 Å². The van der Waals surface area contributed by atoms with E-state index in [-0.39, 0.29) is 29.8 Å². The lowest BCUT2D eigenvalue weighted by atomic mass is 9.95. The molecule has 0 spiro atoms. The van der Waals surface area contributed by atoms with Gasteiger partial charge in [-0.15, -0.1) is 11.3 Å². The van der Waals surface area contributed by atoms with Gasteiger partial charge >= 0.3 is 0 Å². The van der Waals surface area contributed by atoms with Gasteiger partial charge in [0.05, 0.1) is 6.04 Å². The first-order chi connectivity index (χ1) is 9.47. The molecule has 2 rings (SSSR count). The first kappa shape index (κ1) is 15.0. The van der Waals surface area contributed by atoms with Gasteiger partial charge in [-0.25, -0.2) is 0 Å². The number of thiophene rings is 1. The van der Waals surface area contributed by atoms with Crippen molar-refractivity contribution in [1.29, 1.82) is 0 Å². The van der Waals surface area contributed by atoms with Crippen molar-refractivity contribution in [3.63, 3.8) is 0 Å². The molecule has 1 aromatic heterocycles. The Morgan fingerprint density at radius 2 is 2.05 bits per heavy atom. The molecule has 5 heteroatoms. The van der Waals surface area contributed by atoms with Crippen molar-refractivity contribution in [2.24, 2.45) is 5.92 Å². The quantitative estimate of drug-likeness (QED) is 0.928. The first-order valence-corrected chi connectivity index (χ1v) is 8.01. The second-order valence-electron chi connectivity index (χ2n) is 5.59. The number of hydrogen-bond acceptors (Lipinski definition) is 3. The Bertz CT molecular complexity index is 484. The summed E-state index contributed by atoms with van der Waals surface area (Å²) in [6.45, 7) is 7.87. The molecule has 2 heterocycles. The molecule has 4 nitrogen and oxygen atoms in total.